The number of hydrogen-bond donors (Lipinski definition) is 3. The molecular weight excluding hydrogens is 246 g/mol. The van der Waals surface area contributed by atoms with Gasteiger partial charge in [0.05, 0.1) is 18.8 Å². The average molecular weight is 257 g/mol. The van der Waals surface area contributed by atoms with Crippen LogP contribution in [0.25, 0.3) is 10.9 Å². The smallest absolute Gasteiger partial charge is 0.277 e. The number of nitrogens with one attached hydrogen (secondary N) is 3. The molecule has 0 saturated heterocycles. The maximum atomic E-state index is 12.1. The first-order chi connectivity index (χ1) is 9.28. The number of carbonyl (C=O) groups is 1. The lowest BCUT2D eigenvalue weighted by atomic mass is 10.2. The molecule has 3 N–H and O–H groups in total. The highest BCUT2D eigenvalue weighted by molar-refractivity contribution is 6.10. The molecule has 0 aliphatic heterocycles. The molecule has 0 aliphatic carbocycles. The van der Waals surface area contributed by atoms with E-state index in [1.54, 1.807) is 37.6 Å². The van der Waals surface area contributed by atoms with Gasteiger partial charge in [0.15, 0.2) is 5.69 Å². The van der Waals surface area contributed by atoms with Gasteiger partial charge in [-0.1, -0.05) is 0 Å². The van der Waals surface area contributed by atoms with Crippen LogP contribution in [0.15, 0.2) is 30.5 Å². The predicted octanol–water partition coefficient (Wildman–Crippen LogP) is 1.55. The monoisotopic (exact) mass is 257 g/mol. The zero-order valence-electron chi connectivity index (χ0n) is 10.1. The molecule has 0 radical (unpaired) electrons. The number of methoxy groups -OCH3 is 1. The lowest BCUT2D eigenvalue weighted by molar-refractivity contribution is 0.102. The molecule has 0 fully saturated rings. The molecule has 7 nitrogen and oxygen atoms in total. The van der Waals surface area contributed by atoms with Crippen molar-refractivity contribution >= 4 is 22.6 Å². The minimum absolute atomic E-state index is 0.305. The van der Waals surface area contributed by atoms with E-state index in [0.29, 0.717) is 17.3 Å². The Kier molecular flexibility index (Phi) is 2.64. The third-order valence-electron chi connectivity index (χ3n) is 2.73. The Labute approximate surface area is 108 Å². The Balaban J connectivity index is 1.94. The lowest BCUT2D eigenvalue weighted by Crippen LogP contribution is -2.13. The van der Waals surface area contributed by atoms with E-state index < -0.39 is 0 Å². The summed E-state index contributed by atoms with van der Waals surface area (Å²) in [5.41, 5.74) is 1.07. The highest BCUT2D eigenvalue weighted by atomic mass is 16.5. The molecule has 7 heteroatoms. The molecular formula is C12H11N5O2. The number of ether oxygens (including phenoxy) is 1. The van der Waals surface area contributed by atoms with Gasteiger partial charge in [0.1, 0.15) is 11.6 Å². The number of nitrogens with zero attached hydrogens (tertiary/aromatic N) is 2. The topological polar surface area (TPSA) is 95.7 Å². The van der Waals surface area contributed by atoms with Gasteiger partial charge >= 0.3 is 0 Å². The van der Waals surface area contributed by atoms with Gasteiger partial charge in [-0.25, -0.2) is 0 Å². The summed E-state index contributed by atoms with van der Waals surface area (Å²) in [6.45, 7) is 0. The van der Waals surface area contributed by atoms with Crippen molar-refractivity contribution in [1.29, 1.82) is 0 Å². The molecule has 0 unspecified atom stereocenters. The first-order valence-corrected chi connectivity index (χ1v) is 5.61. The number of aromatic nitrogens is 4. The van der Waals surface area contributed by atoms with Crippen molar-refractivity contribution in [2.75, 3.05) is 12.4 Å². The van der Waals surface area contributed by atoms with E-state index in [1.807, 2.05) is 0 Å². The third kappa shape index (κ3) is 2.01. The van der Waals surface area contributed by atoms with E-state index >= 15 is 0 Å². The SMILES string of the molecule is COc1ccc2c(C(=O)Nc3ccn[nH]3)n[nH]c2c1. The van der Waals surface area contributed by atoms with Crippen LogP contribution in [0.5, 0.6) is 5.75 Å². The fraction of sp³-hybridized carbons (Fsp3) is 0.0833. The highest BCUT2D eigenvalue weighted by Gasteiger charge is 2.15. The Morgan fingerprint density at radius 2 is 2.21 bits per heavy atom. The Morgan fingerprint density at radius 3 is 2.95 bits per heavy atom. The van der Waals surface area contributed by atoms with Crippen molar-refractivity contribution < 1.29 is 9.53 Å². The molecule has 1 amide bonds. The number of carbonyl (C=O) groups excluding carboxylic acids is 1. The van der Waals surface area contributed by atoms with E-state index in [1.165, 1.54) is 0 Å². The molecule has 2 aromatic heterocycles. The zero-order chi connectivity index (χ0) is 13.2. The van der Waals surface area contributed by atoms with Crippen molar-refractivity contribution in [3.8, 4) is 5.75 Å². The first-order valence-electron chi connectivity index (χ1n) is 5.61. The number of H-pyrrole nitrogens is 2. The maximum absolute atomic E-state index is 12.1. The van der Waals surface area contributed by atoms with Crippen LogP contribution in [0, 0.1) is 0 Å². The molecule has 96 valence electrons. The van der Waals surface area contributed by atoms with E-state index in [4.69, 9.17) is 4.74 Å². The summed E-state index contributed by atoms with van der Waals surface area (Å²) in [7, 11) is 1.59. The van der Waals surface area contributed by atoms with Gasteiger partial charge in [-0.2, -0.15) is 10.2 Å². The molecule has 0 spiro atoms. The summed E-state index contributed by atoms with van der Waals surface area (Å²) in [6, 6.07) is 7.02. The van der Waals surface area contributed by atoms with Crippen molar-refractivity contribution in [3.63, 3.8) is 0 Å². The maximum Gasteiger partial charge on any atom is 0.277 e. The largest absolute Gasteiger partial charge is 0.497 e. The normalized spacial score (nSPS) is 10.6. The summed E-state index contributed by atoms with van der Waals surface area (Å²) in [6.07, 6.45) is 1.56. The number of aromatic amines is 2. The van der Waals surface area contributed by atoms with Crippen molar-refractivity contribution in [3.05, 3.63) is 36.2 Å². The second-order valence-corrected chi connectivity index (χ2v) is 3.91. The number of benzene rings is 1. The second-order valence-electron chi connectivity index (χ2n) is 3.91. The zero-order valence-corrected chi connectivity index (χ0v) is 10.1. The summed E-state index contributed by atoms with van der Waals surface area (Å²) < 4.78 is 5.12. The van der Waals surface area contributed by atoms with E-state index in [9.17, 15) is 4.79 Å². The molecule has 0 aliphatic rings. The average Bonchev–Trinajstić information content (AvgIpc) is 3.06. The van der Waals surface area contributed by atoms with Gasteiger partial charge in [-0.05, 0) is 12.1 Å². The minimum Gasteiger partial charge on any atom is -0.497 e. The fourth-order valence-corrected chi connectivity index (χ4v) is 1.81. The van der Waals surface area contributed by atoms with Crippen LogP contribution >= 0.6 is 0 Å². The van der Waals surface area contributed by atoms with Crippen molar-refractivity contribution in [2.24, 2.45) is 0 Å². The molecule has 0 saturated carbocycles. The number of anilines is 1. The van der Waals surface area contributed by atoms with E-state index in [2.05, 4.69) is 25.7 Å². The highest BCUT2D eigenvalue weighted by Crippen LogP contribution is 2.22. The summed E-state index contributed by atoms with van der Waals surface area (Å²) in [5, 5.41) is 16.7. The van der Waals surface area contributed by atoms with E-state index in [0.717, 1.165) is 10.9 Å². The van der Waals surface area contributed by atoms with Crippen molar-refractivity contribution in [2.45, 2.75) is 0 Å². The fourth-order valence-electron chi connectivity index (χ4n) is 1.81. The van der Waals surface area contributed by atoms with Gasteiger partial charge in [0.25, 0.3) is 5.91 Å². The molecule has 0 atom stereocenters. The molecule has 3 rings (SSSR count). The number of amides is 1. The van der Waals surface area contributed by atoms with Gasteiger partial charge < -0.3 is 10.1 Å². The molecule has 0 bridgehead atoms. The number of hydrogen-bond acceptors (Lipinski definition) is 4. The summed E-state index contributed by atoms with van der Waals surface area (Å²) in [5.74, 6) is 0.923. The Bertz CT molecular complexity index is 717. The third-order valence-corrected chi connectivity index (χ3v) is 2.73. The van der Waals surface area contributed by atoms with Crippen LogP contribution in [-0.4, -0.2) is 33.4 Å². The van der Waals surface area contributed by atoms with Gasteiger partial charge in [0.2, 0.25) is 0 Å². The van der Waals surface area contributed by atoms with E-state index in [-0.39, 0.29) is 5.91 Å². The molecule has 1 aromatic carbocycles. The van der Waals surface area contributed by atoms with Crippen LogP contribution in [0.1, 0.15) is 10.5 Å². The van der Waals surface area contributed by atoms with Crippen LogP contribution in [0.3, 0.4) is 0 Å². The minimum atomic E-state index is -0.305. The van der Waals surface area contributed by atoms with Gasteiger partial charge in [-0.15, -0.1) is 0 Å². The van der Waals surface area contributed by atoms with Crippen molar-refractivity contribution in [1.82, 2.24) is 20.4 Å². The van der Waals surface area contributed by atoms with Crippen LogP contribution < -0.4 is 10.1 Å². The van der Waals surface area contributed by atoms with Crippen LogP contribution in [-0.2, 0) is 0 Å². The summed E-state index contributed by atoms with van der Waals surface area (Å²) >= 11 is 0. The Morgan fingerprint density at radius 1 is 1.32 bits per heavy atom. The molecule has 19 heavy (non-hydrogen) atoms. The Hall–Kier alpha value is -2.83. The first kappa shape index (κ1) is 11.3. The number of fused-ring (bicyclic) bond motifs is 1. The quantitative estimate of drug-likeness (QED) is 0.663. The molecule has 3 aromatic rings. The summed E-state index contributed by atoms with van der Waals surface area (Å²) in [4.78, 5) is 12.1. The second kappa shape index (κ2) is 4.45. The lowest BCUT2D eigenvalue weighted by Gasteiger charge is -2.00. The number of rotatable bonds is 3. The predicted molar refractivity (Wildman–Crippen MR) is 69.2 cm³/mol. The van der Waals surface area contributed by atoms with Crippen LogP contribution in [0.2, 0.25) is 0 Å². The molecule has 2 heterocycles. The van der Waals surface area contributed by atoms with Gasteiger partial charge in [0, 0.05) is 17.5 Å². The van der Waals surface area contributed by atoms with Gasteiger partial charge in [-0.3, -0.25) is 15.0 Å². The standard InChI is InChI=1S/C12H11N5O2/c1-19-7-2-3-8-9(6-7)15-17-11(8)12(18)14-10-4-5-13-16-10/h2-6H,1H3,(H,15,17)(H2,13,14,16,18). The van der Waals surface area contributed by atoms with Crippen LogP contribution in [0.4, 0.5) is 5.82 Å².